The standard InChI is InChI=1S/C21H30N4O2/c1-16(2)12-20(26)22-10-9-21(27)24-11-5-6-17(13-24)14-25-15-23-18-7-3-4-8-19(18)25/h3-4,7-8,15-17H,5-6,9-14H2,1-2H3,(H,22,26). The topological polar surface area (TPSA) is 67.2 Å². The van der Waals surface area contributed by atoms with Crippen LogP contribution in [-0.2, 0) is 16.1 Å². The minimum absolute atomic E-state index is 0.0290. The Balaban J connectivity index is 1.48. The smallest absolute Gasteiger partial charge is 0.224 e. The monoisotopic (exact) mass is 370 g/mol. The predicted molar refractivity (Wildman–Crippen MR) is 106 cm³/mol. The second-order valence-electron chi connectivity index (χ2n) is 7.93. The van der Waals surface area contributed by atoms with Crippen LogP contribution in [0.15, 0.2) is 30.6 Å². The first-order chi connectivity index (χ1) is 13.0. The molecule has 6 nitrogen and oxygen atoms in total. The molecule has 27 heavy (non-hydrogen) atoms. The minimum Gasteiger partial charge on any atom is -0.356 e. The first kappa shape index (κ1) is 19.4. The summed E-state index contributed by atoms with van der Waals surface area (Å²) in [6, 6.07) is 8.15. The zero-order chi connectivity index (χ0) is 19.2. The van der Waals surface area contributed by atoms with Crippen LogP contribution in [0.3, 0.4) is 0 Å². The van der Waals surface area contributed by atoms with Crippen LogP contribution in [-0.4, -0.2) is 45.9 Å². The van der Waals surface area contributed by atoms with Crippen LogP contribution < -0.4 is 5.32 Å². The Bertz CT molecular complexity index is 783. The van der Waals surface area contributed by atoms with E-state index in [-0.39, 0.29) is 11.8 Å². The lowest BCUT2D eigenvalue weighted by Gasteiger charge is -2.33. The van der Waals surface area contributed by atoms with Crippen LogP contribution in [0.5, 0.6) is 0 Å². The van der Waals surface area contributed by atoms with Crippen LogP contribution in [0.4, 0.5) is 0 Å². The zero-order valence-corrected chi connectivity index (χ0v) is 16.4. The van der Waals surface area contributed by atoms with Crippen molar-refractivity contribution in [3.05, 3.63) is 30.6 Å². The fourth-order valence-corrected chi connectivity index (χ4v) is 3.78. The van der Waals surface area contributed by atoms with Gasteiger partial charge < -0.3 is 14.8 Å². The molecule has 146 valence electrons. The number of rotatable bonds is 7. The molecule has 2 aromatic rings. The molecule has 0 aliphatic carbocycles. The molecule has 0 radical (unpaired) electrons. The highest BCUT2D eigenvalue weighted by Crippen LogP contribution is 2.21. The molecule has 6 heteroatoms. The summed E-state index contributed by atoms with van der Waals surface area (Å²) in [6.07, 6.45) is 4.95. The lowest BCUT2D eigenvalue weighted by atomic mass is 9.97. The van der Waals surface area contributed by atoms with Crippen molar-refractivity contribution >= 4 is 22.8 Å². The number of hydrogen-bond donors (Lipinski definition) is 1. The lowest BCUT2D eigenvalue weighted by Crippen LogP contribution is -2.42. The van der Waals surface area contributed by atoms with Crippen molar-refractivity contribution < 1.29 is 9.59 Å². The number of nitrogens with one attached hydrogen (secondary N) is 1. The van der Waals surface area contributed by atoms with Crippen LogP contribution in [0.25, 0.3) is 11.0 Å². The maximum Gasteiger partial charge on any atom is 0.224 e. The van der Waals surface area contributed by atoms with Crippen LogP contribution in [0, 0.1) is 11.8 Å². The second kappa shape index (κ2) is 9.02. The molecule has 1 aromatic heterocycles. The molecule has 3 rings (SSSR count). The molecular formula is C21H30N4O2. The van der Waals surface area contributed by atoms with Crippen LogP contribution >= 0.6 is 0 Å². The van der Waals surface area contributed by atoms with E-state index in [4.69, 9.17) is 0 Å². The van der Waals surface area contributed by atoms with Crippen molar-refractivity contribution in [1.29, 1.82) is 0 Å². The molecule has 2 heterocycles. The zero-order valence-electron chi connectivity index (χ0n) is 16.4. The van der Waals surface area contributed by atoms with Crippen molar-refractivity contribution in [3.8, 4) is 0 Å². The van der Waals surface area contributed by atoms with Gasteiger partial charge >= 0.3 is 0 Å². The van der Waals surface area contributed by atoms with Crippen LogP contribution in [0.2, 0.25) is 0 Å². The first-order valence-corrected chi connectivity index (χ1v) is 9.97. The number of carbonyl (C=O) groups excluding carboxylic acids is 2. The van der Waals surface area contributed by atoms with Gasteiger partial charge in [0.25, 0.3) is 0 Å². The SMILES string of the molecule is CC(C)CC(=O)NCCC(=O)N1CCCC(Cn2cnc3ccccc32)C1. The summed E-state index contributed by atoms with van der Waals surface area (Å²) in [6.45, 7) is 6.95. The third-order valence-corrected chi connectivity index (χ3v) is 5.11. The van der Waals surface area contributed by atoms with E-state index < -0.39 is 0 Å². The van der Waals surface area contributed by atoms with E-state index in [9.17, 15) is 9.59 Å². The Labute approximate surface area is 160 Å². The number of likely N-dealkylation sites (tertiary alicyclic amines) is 1. The molecule has 2 amide bonds. The van der Waals surface area contributed by atoms with Gasteiger partial charge in [0.2, 0.25) is 11.8 Å². The maximum absolute atomic E-state index is 12.5. The molecular weight excluding hydrogens is 340 g/mol. The number of carbonyl (C=O) groups is 2. The van der Waals surface area contributed by atoms with Crippen LogP contribution in [0.1, 0.15) is 39.5 Å². The number of amides is 2. The molecule has 1 saturated heterocycles. The van der Waals surface area contributed by atoms with Crippen molar-refractivity contribution in [2.75, 3.05) is 19.6 Å². The quantitative estimate of drug-likeness (QED) is 0.815. The molecule has 0 spiro atoms. The van der Waals surface area contributed by atoms with E-state index in [0.717, 1.165) is 43.5 Å². The number of benzene rings is 1. The fraction of sp³-hybridized carbons (Fsp3) is 0.571. The number of nitrogens with zero attached hydrogens (tertiary/aromatic N) is 3. The Hall–Kier alpha value is -2.37. The van der Waals surface area contributed by atoms with Gasteiger partial charge in [-0.3, -0.25) is 9.59 Å². The van der Waals surface area contributed by atoms with Crippen molar-refractivity contribution in [2.45, 2.75) is 46.1 Å². The highest BCUT2D eigenvalue weighted by atomic mass is 16.2. The number of aromatic nitrogens is 2. The molecule has 1 aliphatic rings. The van der Waals surface area contributed by atoms with Gasteiger partial charge in [-0.25, -0.2) is 4.98 Å². The molecule has 1 aliphatic heterocycles. The van der Waals surface area contributed by atoms with E-state index in [1.807, 2.05) is 43.3 Å². The highest BCUT2D eigenvalue weighted by molar-refractivity contribution is 5.79. The lowest BCUT2D eigenvalue weighted by molar-refractivity contribution is -0.133. The third kappa shape index (κ3) is 5.31. The molecule has 1 atom stereocenters. The fourth-order valence-electron chi connectivity index (χ4n) is 3.78. The molecule has 1 unspecified atom stereocenters. The first-order valence-electron chi connectivity index (χ1n) is 9.97. The van der Waals surface area contributed by atoms with Gasteiger partial charge in [0.05, 0.1) is 17.4 Å². The Morgan fingerprint density at radius 1 is 1.30 bits per heavy atom. The normalized spacial score (nSPS) is 17.4. The Kier molecular flexibility index (Phi) is 6.48. The van der Waals surface area contributed by atoms with E-state index in [0.29, 0.717) is 31.2 Å². The van der Waals surface area contributed by atoms with Gasteiger partial charge in [-0.1, -0.05) is 26.0 Å². The van der Waals surface area contributed by atoms with Gasteiger partial charge in [-0.2, -0.15) is 0 Å². The van der Waals surface area contributed by atoms with Crippen molar-refractivity contribution in [3.63, 3.8) is 0 Å². The molecule has 1 fully saturated rings. The largest absolute Gasteiger partial charge is 0.356 e. The molecule has 1 N–H and O–H groups in total. The number of fused-ring (bicyclic) bond motifs is 1. The number of piperidine rings is 1. The van der Waals surface area contributed by atoms with Crippen molar-refractivity contribution in [2.24, 2.45) is 11.8 Å². The number of para-hydroxylation sites is 2. The van der Waals surface area contributed by atoms with Gasteiger partial charge in [0.15, 0.2) is 0 Å². The van der Waals surface area contributed by atoms with Gasteiger partial charge in [-0.05, 0) is 36.8 Å². The summed E-state index contributed by atoms with van der Waals surface area (Å²) in [4.78, 5) is 30.6. The molecule has 0 saturated carbocycles. The van der Waals surface area contributed by atoms with E-state index in [2.05, 4.69) is 20.9 Å². The summed E-state index contributed by atoms with van der Waals surface area (Å²) in [5.41, 5.74) is 2.16. The van der Waals surface area contributed by atoms with E-state index >= 15 is 0 Å². The summed E-state index contributed by atoms with van der Waals surface area (Å²) >= 11 is 0. The molecule has 1 aromatic carbocycles. The number of hydrogen-bond acceptors (Lipinski definition) is 3. The summed E-state index contributed by atoms with van der Waals surface area (Å²) in [5, 5.41) is 2.85. The predicted octanol–water partition coefficient (Wildman–Crippen LogP) is 2.83. The minimum atomic E-state index is 0.0290. The van der Waals surface area contributed by atoms with Gasteiger partial charge in [-0.15, -0.1) is 0 Å². The van der Waals surface area contributed by atoms with E-state index in [1.54, 1.807) is 0 Å². The molecule has 0 bridgehead atoms. The third-order valence-electron chi connectivity index (χ3n) is 5.11. The Morgan fingerprint density at radius 3 is 2.93 bits per heavy atom. The van der Waals surface area contributed by atoms with E-state index in [1.165, 1.54) is 0 Å². The average molecular weight is 370 g/mol. The second-order valence-corrected chi connectivity index (χ2v) is 7.93. The Morgan fingerprint density at radius 2 is 2.11 bits per heavy atom. The van der Waals surface area contributed by atoms with Crippen molar-refractivity contribution in [1.82, 2.24) is 19.8 Å². The summed E-state index contributed by atoms with van der Waals surface area (Å²) in [5.74, 6) is 0.944. The number of imidazole rings is 1. The highest BCUT2D eigenvalue weighted by Gasteiger charge is 2.24. The maximum atomic E-state index is 12.5. The summed E-state index contributed by atoms with van der Waals surface area (Å²) in [7, 11) is 0. The summed E-state index contributed by atoms with van der Waals surface area (Å²) < 4.78 is 2.19. The average Bonchev–Trinajstić information content (AvgIpc) is 3.04. The van der Waals surface area contributed by atoms with Gasteiger partial charge in [0, 0.05) is 39.0 Å². The van der Waals surface area contributed by atoms with Gasteiger partial charge in [0.1, 0.15) is 0 Å².